The summed E-state index contributed by atoms with van der Waals surface area (Å²) in [7, 11) is 0. The van der Waals surface area contributed by atoms with E-state index in [1.165, 1.54) is 0 Å². The van der Waals surface area contributed by atoms with Crippen molar-refractivity contribution in [1.29, 1.82) is 0 Å². The third-order valence-electron chi connectivity index (χ3n) is 2.00. The summed E-state index contributed by atoms with van der Waals surface area (Å²) in [6, 6.07) is 0.262. The summed E-state index contributed by atoms with van der Waals surface area (Å²) in [6.07, 6.45) is 0. The molecule has 13 heavy (non-hydrogen) atoms. The van der Waals surface area contributed by atoms with E-state index in [9.17, 15) is 4.79 Å². The number of fused-ring (bicyclic) bond motifs is 1. The van der Waals surface area contributed by atoms with Crippen LogP contribution in [0.15, 0.2) is 4.79 Å². The van der Waals surface area contributed by atoms with Gasteiger partial charge in [0.15, 0.2) is 5.82 Å². The van der Waals surface area contributed by atoms with Crippen LogP contribution in [0.2, 0.25) is 0 Å². The number of aromatic amines is 1. The summed E-state index contributed by atoms with van der Waals surface area (Å²) in [4.78, 5) is 18.3. The van der Waals surface area contributed by atoms with Gasteiger partial charge in [-0.3, -0.25) is 4.79 Å². The van der Waals surface area contributed by atoms with E-state index in [0.29, 0.717) is 17.3 Å². The molecule has 0 saturated carbocycles. The predicted molar refractivity (Wildman–Crippen MR) is 51.2 cm³/mol. The molecule has 0 amide bonds. The highest BCUT2D eigenvalue weighted by molar-refractivity contribution is 5.65. The lowest BCUT2D eigenvalue weighted by Crippen LogP contribution is -2.35. The van der Waals surface area contributed by atoms with Crippen molar-refractivity contribution in [1.82, 2.24) is 9.97 Å². The Labute approximate surface area is 75.6 Å². The maximum Gasteiger partial charge on any atom is 0.276 e. The molecule has 5 heteroatoms. The summed E-state index contributed by atoms with van der Waals surface area (Å²) in [5.41, 5.74) is 0.436. The fraction of sp³-hybridized carbons (Fsp3) is 0.500. The molecule has 1 aliphatic rings. The molecule has 1 atom stereocenters. The molecule has 3 N–H and O–H groups in total. The monoisotopic (exact) mass is 180 g/mol. The number of aromatic nitrogens is 2. The minimum Gasteiger partial charge on any atom is -0.373 e. The molecule has 0 aromatic carbocycles. The highest BCUT2D eigenvalue weighted by Crippen LogP contribution is 2.18. The van der Waals surface area contributed by atoms with Crippen molar-refractivity contribution >= 4 is 11.5 Å². The quantitative estimate of drug-likeness (QED) is 0.537. The number of anilines is 2. The van der Waals surface area contributed by atoms with Crippen LogP contribution >= 0.6 is 0 Å². The smallest absolute Gasteiger partial charge is 0.276 e. The lowest BCUT2D eigenvalue weighted by atomic mass is 10.2. The van der Waals surface area contributed by atoms with E-state index >= 15 is 0 Å². The summed E-state index contributed by atoms with van der Waals surface area (Å²) in [6.45, 7) is 4.57. The molecule has 0 radical (unpaired) electrons. The maximum absolute atomic E-state index is 11.4. The minimum atomic E-state index is -0.110. The zero-order valence-electron chi connectivity index (χ0n) is 7.64. The van der Waals surface area contributed by atoms with E-state index in [1.54, 1.807) is 6.92 Å². The number of hydrogen-bond acceptors (Lipinski definition) is 4. The van der Waals surface area contributed by atoms with Crippen molar-refractivity contribution in [3.05, 3.63) is 16.2 Å². The lowest BCUT2D eigenvalue weighted by Gasteiger charge is -2.23. The number of aryl methyl sites for hydroxylation is 1. The first-order valence-corrected chi connectivity index (χ1v) is 4.28. The highest BCUT2D eigenvalue weighted by atomic mass is 16.1. The second-order valence-corrected chi connectivity index (χ2v) is 3.30. The van der Waals surface area contributed by atoms with Crippen LogP contribution in [0.5, 0.6) is 0 Å². The van der Waals surface area contributed by atoms with Crippen LogP contribution in [-0.2, 0) is 0 Å². The first kappa shape index (κ1) is 8.10. The van der Waals surface area contributed by atoms with Gasteiger partial charge in [0.2, 0.25) is 0 Å². The molecular formula is C8H12N4O. The Morgan fingerprint density at radius 2 is 2.31 bits per heavy atom. The Morgan fingerprint density at radius 3 is 3.08 bits per heavy atom. The maximum atomic E-state index is 11.4. The van der Waals surface area contributed by atoms with Crippen molar-refractivity contribution in [2.75, 3.05) is 17.2 Å². The average molecular weight is 180 g/mol. The molecule has 0 aliphatic carbocycles. The second kappa shape index (κ2) is 2.76. The molecule has 0 spiro atoms. The van der Waals surface area contributed by atoms with Gasteiger partial charge in [-0.05, 0) is 13.8 Å². The first-order valence-electron chi connectivity index (χ1n) is 4.28. The van der Waals surface area contributed by atoms with Gasteiger partial charge in [-0.1, -0.05) is 0 Å². The molecule has 2 heterocycles. The number of H-pyrrole nitrogens is 1. The van der Waals surface area contributed by atoms with Crippen molar-refractivity contribution < 1.29 is 0 Å². The standard InChI is InChI=1S/C8H12N4O/c1-4-3-9-7-6(10-4)8(13)12-5(2)11-7/h4,10H,3H2,1-2H3,(H2,9,11,12,13)/t4-/m0/s1. The summed E-state index contributed by atoms with van der Waals surface area (Å²) in [5, 5.41) is 6.19. The highest BCUT2D eigenvalue weighted by Gasteiger charge is 2.17. The van der Waals surface area contributed by atoms with Gasteiger partial charge in [-0.2, -0.15) is 0 Å². The van der Waals surface area contributed by atoms with E-state index in [-0.39, 0.29) is 11.6 Å². The molecule has 0 bridgehead atoms. The molecule has 5 nitrogen and oxygen atoms in total. The Kier molecular flexibility index (Phi) is 1.72. The van der Waals surface area contributed by atoms with Gasteiger partial charge in [0.05, 0.1) is 0 Å². The largest absolute Gasteiger partial charge is 0.373 e. The number of hydrogen-bond donors (Lipinski definition) is 3. The number of rotatable bonds is 0. The van der Waals surface area contributed by atoms with E-state index < -0.39 is 0 Å². The lowest BCUT2D eigenvalue weighted by molar-refractivity contribution is 0.798. The van der Waals surface area contributed by atoms with Gasteiger partial charge < -0.3 is 15.6 Å². The van der Waals surface area contributed by atoms with Crippen molar-refractivity contribution in [3.63, 3.8) is 0 Å². The van der Waals surface area contributed by atoms with Crippen molar-refractivity contribution in [2.45, 2.75) is 19.9 Å². The zero-order valence-corrected chi connectivity index (χ0v) is 7.64. The molecule has 1 aromatic rings. The summed E-state index contributed by atoms with van der Waals surface area (Å²) in [5.74, 6) is 1.28. The number of nitrogens with zero attached hydrogens (tertiary/aromatic N) is 1. The third kappa shape index (κ3) is 1.37. The Hall–Kier alpha value is -1.52. The SMILES string of the molecule is Cc1nc2c(c(=O)[nH]1)N[C@@H](C)CN2. The average Bonchev–Trinajstić information content (AvgIpc) is 2.06. The van der Waals surface area contributed by atoms with Gasteiger partial charge in [0, 0.05) is 12.6 Å². The Bertz CT molecular complexity index is 384. The van der Waals surface area contributed by atoms with E-state index in [2.05, 4.69) is 20.6 Å². The number of nitrogens with one attached hydrogen (secondary N) is 3. The molecule has 0 saturated heterocycles. The van der Waals surface area contributed by atoms with Crippen LogP contribution in [0, 0.1) is 6.92 Å². The molecule has 0 fully saturated rings. The topological polar surface area (TPSA) is 69.8 Å². The van der Waals surface area contributed by atoms with Gasteiger partial charge in [0.1, 0.15) is 11.5 Å². The predicted octanol–water partition coefficient (Wildman–Crippen LogP) is 0.304. The Balaban J connectivity index is 2.53. The van der Waals surface area contributed by atoms with Crippen molar-refractivity contribution in [3.8, 4) is 0 Å². The molecule has 2 rings (SSSR count). The van der Waals surface area contributed by atoms with Crippen molar-refractivity contribution in [2.24, 2.45) is 0 Å². The van der Waals surface area contributed by atoms with Crippen LogP contribution in [0.3, 0.4) is 0 Å². The van der Waals surface area contributed by atoms with Gasteiger partial charge >= 0.3 is 0 Å². The Morgan fingerprint density at radius 1 is 1.54 bits per heavy atom. The minimum absolute atomic E-state index is 0.110. The van der Waals surface area contributed by atoms with Crippen LogP contribution in [0.1, 0.15) is 12.7 Å². The van der Waals surface area contributed by atoms with Gasteiger partial charge in [0.25, 0.3) is 5.56 Å². The molecular weight excluding hydrogens is 168 g/mol. The van der Waals surface area contributed by atoms with Crippen LogP contribution < -0.4 is 16.2 Å². The molecule has 1 aromatic heterocycles. The van der Waals surface area contributed by atoms with E-state index in [1.807, 2.05) is 6.92 Å². The van der Waals surface area contributed by atoms with Crippen LogP contribution in [0.4, 0.5) is 11.5 Å². The fourth-order valence-corrected chi connectivity index (χ4v) is 1.39. The van der Waals surface area contributed by atoms with E-state index in [0.717, 1.165) is 6.54 Å². The fourth-order valence-electron chi connectivity index (χ4n) is 1.39. The molecule has 70 valence electrons. The van der Waals surface area contributed by atoms with Crippen LogP contribution in [0.25, 0.3) is 0 Å². The third-order valence-corrected chi connectivity index (χ3v) is 2.00. The summed E-state index contributed by atoms with van der Waals surface area (Å²) < 4.78 is 0. The molecule has 1 aliphatic heterocycles. The first-order chi connectivity index (χ1) is 6.16. The van der Waals surface area contributed by atoms with Gasteiger partial charge in [-0.25, -0.2) is 4.98 Å². The normalized spacial score (nSPS) is 20.0. The van der Waals surface area contributed by atoms with E-state index in [4.69, 9.17) is 0 Å². The second-order valence-electron chi connectivity index (χ2n) is 3.30. The zero-order chi connectivity index (χ0) is 9.42. The molecule has 0 unspecified atom stereocenters. The van der Waals surface area contributed by atoms with Crippen LogP contribution in [-0.4, -0.2) is 22.6 Å². The summed E-state index contributed by atoms with van der Waals surface area (Å²) >= 11 is 0. The van der Waals surface area contributed by atoms with Gasteiger partial charge in [-0.15, -0.1) is 0 Å².